The second kappa shape index (κ2) is 7.45. The minimum Gasteiger partial charge on any atom is -0.342 e. The molecule has 2 aromatic heterocycles. The Morgan fingerprint density at radius 1 is 1.12 bits per heavy atom. The molecule has 0 N–H and O–H groups in total. The van der Waals surface area contributed by atoms with Crippen molar-refractivity contribution in [3.8, 4) is 11.5 Å². The van der Waals surface area contributed by atoms with E-state index >= 15 is 0 Å². The van der Waals surface area contributed by atoms with Crippen molar-refractivity contribution in [2.75, 3.05) is 24.5 Å². The van der Waals surface area contributed by atoms with Gasteiger partial charge in [-0.05, 0) is 52.9 Å². The molecule has 172 valence electrons. The summed E-state index contributed by atoms with van der Waals surface area (Å²) >= 11 is 0. The number of hydrogen-bond acceptors (Lipinski definition) is 7. The van der Waals surface area contributed by atoms with Crippen LogP contribution in [0.3, 0.4) is 0 Å². The Morgan fingerprint density at radius 2 is 1.88 bits per heavy atom. The van der Waals surface area contributed by atoms with Crippen LogP contribution in [0, 0.1) is 0 Å². The molecule has 2 aliphatic heterocycles. The number of anilines is 1. The van der Waals surface area contributed by atoms with Crippen molar-refractivity contribution in [1.82, 2.24) is 25.0 Å². The molecule has 1 atom stereocenters. The summed E-state index contributed by atoms with van der Waals surface area (Å²) in [6.45, 7) is 7.68. The third-order valence-corrected chi connectivity index (χ3v) is 6.96. The highest BCUT2D eigenvalue weighted by atomic mass is 19.3. The van der Waals surface area contributed by atoms with Crippen LogP contribution in [0.1, 0.15) is 70.0 Å². The predicted octanol–water partition coefficient (Wildman–Crippen LogP) is 3.45. The molecule has 4 heterocycles. The Morgan fingerprint density at radius 3 is 2.53 bits per heavy atom. The lowest BCUT2D eigenvalue weighted by atomic mass is 9.90. The number of alkyl halides is 2. The summed E-state index contributed by atoms with van der Waals surface area (Å²) in [4.78, 5) is 30.2. The van der Waals surface area contributed by atoms with Gasteiger partial charge in [-0.15, -0.1) is 0 Å². The number of rotatable bonds is 4. The molecule has 2 aromatic rings. The van der Waals surface area contributed by atoms with Gasteiger partial charge in [-0.25, -0.2) is 9.97 Å². The lowest BCUT2D eigenvalue weighted by Gasteiger charge is -2.39. The summed E-state index contributed by atoms with van der Waals surface area (Å²) < 4.78 is 34.7. The van der Waals surface area contributed by atoms with Crippen molar-refractivity contribution < 1.29 is 18.1 Å². The molecule has 3 aliphatic rings. The zero-order chi connectivity index (χ0) is 22.7. The standard InChI is InChI=1S/C22H28F2N6O2/c1-13-8-12-30(13)20-25-15(14-7-9-22(23,24)16(14)26-20)17-27-18(32-28-17)21(2,3)19(31)29-10-5-4-6-11-29/h13H,4-12H2,1-3H3/t13-/m0/s1. The van der Waals surface area contributed by atoms with E-state index in [0.29, 0.717) is 5.56 Å². The maximum Gasteiger partial charge on any atom is 0.290 e. The number of fused-ring (bicyclic) bond motifs is 1. The SMILES string of the molecule is C[C@H]1CCN1c1nc(-c2noc(C(C)(C)C(=O)N3CCCCC3)n2)c2c(n1)C(F)(F)CC2. The van der Waals surface area contributed by atoms with Gasteiger partial charge in [0.05, 0.1) is 0 Å². The Labute approximate surface area is 185 Å². The lowest BCUT2D eigenvalue weighted by Crippen LogP contribution is -2.47. The summed E-state index contributed by atoms with van der Waals surface area (Å²) in [5, 5.41) is 4.06. The number of carbonyl (C=O) groups is 1. The summed E-state index contributed by atoms with van der Waals surface area (Å²) in [5.41, 5.74) is -0.624. The van der Waals surface area contributed by atoms with E-state index in [-0.39, 0.29) is 53.8 Å². The zero-order valence-electron chi connectivity index (χ0n) is 18.7. The second-order valence-electron chi connectivity index (χ2n) is 9.64. The first-order valence-electron chi connectivity index (χ1n) is 11.4. The fourth-order valence-electron chi connectivity index (χ4n) is 4.70. The van der Waals surface area contributed by atoms with Crippen LogP contribution in [-0.2, 0) is 22.6 Å². The van der Waals surface area contributed by atoms with Gasteiger partial charge in [0.1, 0.15) is 16.8 Å². The van der Waals surface area contributed by atoms with Crippen molar-refractivity contribution in [1.29, 1.82) is 0 Å². The fraction of sp³-hybridized carbons (Fsp3) is 0.682. The first-order valence-corrected chi connectivity index (χ1v) is 11.4. The van der Waals surface area contributed by atoms with E-state index in [1.807, 2.05) is 16.7 Å². The number of halogens is 2. The topological polar surface area (TPSA) is 88.3 Å². The summed E-state index contributed by atoms with van der Waals surface area (Å²) in [5.74, 6) is -2.51. The van der Waals surface area contributed by atoms with Crippen LogP contribution in [0.15, 0.2) is 4.52 Å². The molecule has 8 nitrogen and oxygen atoms in total. The molecule has 5 rings (SSSR count). The maximum absolute atomic E-state index is 14.6. The fourth-order valence-corrected chi connectivity index (χ4v) is 4.70. The molecule has 0 radical (unpaired) electrons. The molecular weight excluding hydrogens is 418 g/mol. The molecule has 1 aliphatic carbocycles. The van der Waals surface area contributed by atoms with Gasteiger partial charge in [-0.3, -0.25) is 4.79 Å². The number of nitrogens with zero attached hydrogens (tertiary/aromatic N) is 6. The van der Waals surface area contributed by atoms with Crippen LogP contribution in [0.2, 0.25) is 0 Å². The quantitative estimate of drug-likeness (QED) is 0.711. The summed E-state index contributed by atoms with van der Waals surface area (Å²) in [6, 6.07) is 0.192. The number of piperidine rings is 1. The van der Waals surface area contributed by atoms with Gasteiger partial charge in [-0.2, -0.15) is 13.8 Å². The molecule has 0 saturated carbocycles. The number of aromatic nitrogens is 4. The maximum atomic E-state index is 14.6. The molecular formula is C22H28F2N6O2. The van der Waals surface area contributed by atoms with Crippen LogP contribution in [-0.4, -0.2) is 56.6 Å². The van der Waals surface area contributed by atoms with E-state index in [1.54, 1.807) is 13.8 Å². The van der Waals surface area contributed by atoms with E-state index in [1.165, 1.54) is 0 Å². The predicted molar refractivity (Wildman–Crippen MR) is 112 cm³/mol. The van der Waals surface area contributed by atoms with Crippen LogP contribution in [0.5, 0.6) is 0 Å². The molecule has 2 fully saturated rings. The molecule has 2 saturated heterocycles. The van der Waals surface area contributed by atoms with E-state index in [4.69, 9.17) is 4.52 Å². The Kier molecular flexibility index (Phi) is 4.94. The van der Waals surface area contributed by atoms with E-state index in [9.17, 15) is 13.6 Å². The molecule has 1 amide bonds. The second-order valence-corrected chi connectivity index (χ2v) is 9.64. The molecule has 0 bridgehead atoms. The van der Waals surface area contributed by atoms with Gasteiger partial charge in [0.25, 0.3) is 5.92 Å². The monoisotopic (exact) mass is 446 g/mol. The van der Waals surface area contributed by atoms with E-state index in [0.717, 1.165) is 45.3 Å². The van der Waals surface area contributed by atoms with Gasteiger partial charge < -0.3 is 14.3 Å². The average molecular weight is 447 g/mol. The minimum atomic E-state index is -3.01. The van der Waals surface area contributed by atoms with E-state index < -0.39 is 11.3 Å². The number of hydrogen-bond donors (Lipinski definition) is 0. The largest absolute Gasteiger partial charge is 0.342 e. The van der Waals surface area contributed by atoms with E-state index in [2.05, 4.69) is 20.1 Å². The summed E-state index contributed by atoms with van der Waals surface area (Å²) in [6.07, 6.45) is 3.88. The summed E-state index contributed by atoms with van der Waals surface area (Å²) in [7, 11) is 0. The van der Waals surface area contributed by atoms with Gasteiger partial charge in [-0.1, -0.05) is 5.16 Å². The average Bonchev–Trinajstić information content (AvgIpc) is 3.38. The molecule has 0 aromatic carbocycles. The number of likely N-dealkylation sites (tertiary alicyclic amines) is 1. The van der Waals surface area contributed by atoms with Crippen molar-refractivity contribution in [3.05, 3.63) is 17.1 Å². The normalized spacial score (nSPS) is 22.6. The third kappa shape index (κ3) is 3.34. The van der Waals surface area contributed by atoms with Gasteiger partial charge in [0.15, 0.2) is 0 Å². The Hall–Kier alpha value is -2.65. The molecule has 32 heavy (non-hydrogen) atoms. The van der Waals surface area contributed by atoms with Crippen molar-refractivity contribution >= 4 is 11.9 Å². The highest BCUT2D eigenvalue weighted by Gasteiger charge is 2.45. The first-order chi connectivity index (χ1) is 15.2. The first kappa shape index (κ1) is 21.2. The Balaban J connectivity index is 1.51. The lowest BCUT2D eigenvalue weighted by molar-refractivity contribution is -0.138. The molecule has 10 heteroatoms. The van der Waals surface area contributed by atoms with Crippen LogP contribution >= 0.6 is 0 Å². The van der Waals surface area contributed by atoms with Crippen molar-refractivity contribution in [2.45, 2.75) is 76.7 Å². The van der Waals surface area contributed by atoms with Crippen molar-refractivity contribution in [2.24, 2.45) is 0 Å². The molecule has 0 unspecified atom stereocenters. The minimum absolute atomic E-state index is 0.0676. The van der Waals surface area contributed by atoms with Crippen LogP contribution in [0.4, 0.5) is 14.7 Å². The van der Waals surface area contributed by atoms with Gasteiger partial charge in [0, 0.05) is 37.7 Å². The third-order valence-electron chi connectivity index (χ3n) is 6.96. The smallest absolute Gasteiger partial charge is 0.290 e. The van der Waals surface area contributed by atoms with Gasteiger partial charge >= 0.3 is 0 Å². The number of carbonyl (C=O) groups excluding carboxylic acids is 1. The Bertz CT molecular complexity index is 1050. The highest BCUT2D eigenvalue weighted by Crippen LogP contribution is 2.44. The highest BCUT2D eigenvalue weighted by molar-refractivity contribution is 5.86. The van der Waals surface area contributed by atoms with Crippen LogP contribution in [0.25, 0.3) is 11.5 Å². The zero-order valence-corrected chi connectivity index (χ0v) is 18.7. The van der Waals surface area contributed by atoms with Crippen molar-refractivity contribution in [3.63, 3.8) is 0 Å². The van der Waals surface area contributed by atoms with Gasteiger partial charge in [0.2, 0.25) is 23.6 Å². The van der Waals surface area contributed by atoms with Crippen LogP contribution < -0.4 is 4.90 Å². The number of amides is 1. The molecule has 0 spiro atoms.